The lowest BCUT2D eigenvalue weighted by molar-refractivity contribution is -0.0539. The fourth-order valence-corrected chi connectivity index (χ4v) is 6.95. The molecule has 0 aromatic carbocycles. The highest BCUT2D eigenvalue weighted by Crippen LogP contribution is 2.19. The van der Waals surface area contributed by atoms with Crippen LogP contribution in [0.5, 0.6) is 0 Å². The highest BCUT2D eigenvalue weighted by molar-refractivity contribution is 5.67. The van der Waals surface area contributed by atoms with Crippen molar-refractivity contribution >= 4 is 6.09 Å². The molecule has 2 N–H and O–H groups in total. The molecule has 5 nitrogen and oxygen atoms in total. The first-order valence-electron chi connectivity index (χ1n) is 22.6. The van der Waals surface area contributed by atoms with Crippen LogP contribution in [0.2, 0.25) is 0 Å². The van der Waals surface area contributed by atoms with Crippen molar-refractivity contribution in [2.75, 3.05) is 19.8 Å². The lowest BCUT2D eigenvalue weighted by atomic mass is 10.0. The number of ether oxygens (including phenoxy) is 2. The average Bonchev–Trinajstić information content (AvgIpc) is 3.10. The summed E-state index contributed by atoms with van der Waals surface area (Å²) in [5, 5.41) is 12.3. The van der Waals surface area contributed by atoms with Gasteiger partial charge in [0.1, 0.15) is 6.10 Å². The Morgan fingerprint density at radius 2 is 0.800 bits per heavy atom. The second-order valence-corrected chi connectivity index (χ2v) is 16.3. The Morgan fingerprint density at radius 1 is 0.500 bits per heavy atom. The van der Waals surface area contributed by atoms with Gasteiger partial charge in [-0.2, -0.15) is 0 Å². The van der Waals surface area contributed by atoms with Crippen LogP contribution in [-0.2, 0) is 9.47 Å². The van der Waals surface area contributed by atoms with E-state index in [-0.39, 0.29) is 18.8 Å². The predicted molar refractivity (Wildman–Crippen MR) is 218 cm³/mol. The van der Waals surface area contributed by atoms with Crippen molar-refractivity contribution in [2.24, 2.45) is 0 Å². The van der Waals surface area contributed by atoms with Crippen molar-refractivity contribution in [2.45, 2.75) is 264 Å². The van der Waals surface area contributed by atoms with E-state index in [0.29, 0.717) is 19.6 Å². The molecule has 0 saturated carbocycles. The SMILES string of the molecule is CCCCCCCCCCCCCCCCCCC(CCCCCCCCCCCCCCCCCC)OC(=O)NCCCOC(C)(C)CO. The van der Waals surface area contributed by atoms with Crippen LogP contribution in [0.1, 0.15) is 252 Å². The van der Waals surface area contributed by atoms with Crippen LogP contribution in [0.3, 0.4) is 0 Å². The summed E-state index contributed by atoms with van der Waals surface area (Å²) in [5.74, 6) is 0. The van der Waals surface area contributed by atoms with E-state index < -0.39 is 5.60 Å². The molecule has 0 rings (SSSR count). The van der Waals surface area contributed by atoms with Gasteiger partial charge in [0.25, 0.3) is 0 Å². The summed E-state index contributed by atoms with van der Waals surface area (Å²) in [6, 6.07) is 0. The Bertz CT molecular complexity index is 633. The molecule has 50 heavy (non-hydrogen) atoms. The second-order valence-electron chi connectivity index (χ2n) is 16.3. The second kappa shape index (κ2) is 39.4. The Labute approximate surface area is 314 Å². The predicted octanol–water partition coefficient (Wildman–Crippen LogP) is 14.6. The van der Waals surface area contributed by atoms with Gasteiger partial charge in [-0.25, -0.2) is 4.79 Å². The number of rotatable bonds is 41. The lowest BCUT2D eigenvalue weighted by Crippen LogP contribution is -2.32. The van der Waals surface area contributed by atoms with Gasteiger partial charge in [-0.1, -0.05) is 206 Å². The number of hydrogen-bond acceptors (Lipinski definition) is 4. The summed E-state index contributed by atoms with van der Waals surface area (Å²) >= 11 is 0. The number of amides is 1. The molecule has 5 heteroatoms. The first-order chi connectivity index (χ1) is 24.4. The molecule has 0 bridgehead atoms. The summed E-state index contributed by atoms with van der Waals surface area (Å²) in [6.45, 7) is 9.36. The molecule has 0 aliphatic heterocycles. The smallest absolute Gasteiger partial charge is 0.407 e. The maximum absolute atomic E-state index is 12.6. The molecule has 0 atom stereocenters. The molecule has 0 heterocycles. The third-order valence-corrected chi connectivity index (χ3v) is 10.5. The molecular weight excluding hydrogens is 618 g/mol. The third-order valence-electron chi connectivity index (χ3n) is 10.5. The maximum atomic E-state index is 12.6. The van der Waals surface area contributed by atoms with Crippen LogP contribution in [-0.4, -0.2) is 42.7 Å². The minimum atomic E-state index is -0.536. The number of unbranched alkanes of at least 4 members (excludes halogenated alkanes) is 30. The summed E-state index contributed by atoms with van der Waals surface area (Å²) in [7, 11) is 0. The molecule has 1 amide bonds. The van der Waals surface area contributed by atoms with Gasteiger partial charge in [-0.3, -0.25) is 0 Å². The number of alkyl carbamates (subject to hydrolysis) is 1. The van der Waals surface area contributed by atoms with Crippen molar-refractivity contribution in [1.82, 2.24) is 5.32 Å². The van der Waals surface area contributed by atoms with Crippen molar-refractivity contribution < 1.29 is 19.4 Å². The number of carbonyl (C=O) groups excluding carboxylic acids is 1. The maximum Gasteiger partial charge on any atom is 0.407 e. The van der Waals surface area contributed by atoms with E-state index in [0.717, 1.165) is 25.7 Å². The molecular formula is C45H91NO4. The first kappa shape index (κ1) is 49.2. The molecule has 0 saturated heterocycles. The van der Waals surface area contributed by atoms with Crippen molar-refractivity contribution in [1.29, 1.82) is 0 Å². The molecule has 0 spiro atoms. The van der Waals surface area contributed by atoms with E-state index in [1.807, 2.05) is 13.8 Å². The van der Waals surface area contributed by atoms with E-state index in [1.165, 1.54) is 193 Å². The average molecular weight is 710 g/mol. The van der Waals surface area contributed by atoms with E-state index in [9.17, 15) is 9.90 Å². The summed E-state index contributed by atoms with van der Waals surface area (Å²) < 4.78 is 11.6. The van der Waals surface area contributed by atoms with Gasteiger partial charge < -0.3 is 19.9 Å². The van der Waals surface area contributed by atoms with Gasteiger partial charge in [0.05, 0.1) is 12.2 Å². The molecule has 0 aliphatic rings. The van der Waals surface area contributed by atoms with Gasteiger partial charge in [0.2, 0.25) is 0 Å². The van der Waals surface area contributed by atoms with Crippen LogP contribution in [0.25, 0.3) is 0 Å². The highest BCUT2D eigenvalue weighted by atomic mass is 16.6. The molecule has 0 unspecified atom stereocenters. The van der Waals surface area contributed by atoms with Gasteiger partial charge in [-0.15, -0.1) is 0 Å². The van der Waals surface area contributed by atoms with Crippen LogP contribution in [0.4, 0.5) is 4.79 Å². The third kappa shape index (κ3) is 38.4. The zero-order valence-electron chi connectivity index (χ0n) is 34.6. The fourth-order valence-electron chi connectivity index (χ4n) is 6.95. The van der Waals surface area contributed by atoms with E-state index in [1.54, 1.807) is 0 Å². The van der Waals surface area contributed by atoms with Gasteiger partial charge in [-0.05, 0) is 46.0 Å². The van der Waals surface area contributed by atoms with E-state index in [2.05, 4.69) is 19.2 Å². The molecule has 0 aliphatic carbocycles. The molecule has 0 fully saturated rings. The van der Waals surface area contributed by atoms with Crippen molar-refractivity contribution in [3.63, 3.8) is 0 Å². The van der Waals surface area contributed by atoms with Gasteiger partial charge in [0, 0.05) is 13.2 Å². The number of hydrogen-bond donors (Lipinski definition) is 2. The Balaban J connectivity index is 4.05. The lowest BCUT2D eigenvalue weighted by Gasteiger charge is -2.22. The van der Waals surface area contributed by atoms with Gasteiger partial charge >= 0.3 is 6.09 Å². The normalized spacial score (nSPS) is 11.9. The standard InChI is InChI=1S/C45H91NO4/c1-5-7-9-11-13-15-17-19-21-23-25-27-29-31-33-35-38-43(50-44(48)46-40-37-41-49-45(3,4)42-47)39-36-34-32-30-28-26-24-22-20-18-16-14-12-10-8-6-2/h43,47H,5-42H2,1-4H3,(H,46,48). The van der Waals surface area contributed by atoms with E-state index in [4.69, 9.17) is 9.47 Å². The Kier molecular flexibility index (Phi) is 38.8. The summed E-state index contributed by atoms with van der Waals surface area (Å²) in [4.78, 5) is 12.6. The quantitative estimate of drug-likeness (QED) is 0.0620. The molecule has 0 radical (unpaired) electrons. The highest BCUT2D eigenvalue weighted by Gasteiger charge is 2.17. The van der Waals surface area contributed by atoms with Gasteiger partial charge in [0.15, 0.2) is 0 Å². The van der Waals surface area contributed by atoms with Crippen molar-refractivity contribution in [3.05, 3.63) is 0 Å². The summed E-state index contributed by atoms with van der Waals surface area (Å²) in [5.41, 5.74) is -0.536. The van der Waals surface area contributed by atoms with Crippen LogP contribution in [0.15, 0.2) is 0 Å². The fraction of sp³-hybridized carbons (Fsp3) is 0.978. The number of nitrogens with one attached hydrogen (secondary N) is 1. The minimum Gasteiger partial charge on any atom is -0.446 e. The molecule has 0 aromatic heterocycles. The van der Waals surface area contributed by atoms with Crippen LogP contribution in [0, 0.1) is 0 Å². The zero-order chi connectivity index (χ0) is 36.6. The minimum absolute atomic E-state index is 0.0110. The van der Waals surface area contributed by atoms with E-state index >= 15 is 0 Å². The molecule has 300 valence electrons. The van der Waals surface area contributed by atoms with Crippen molar-refractivity contribution in [3.8, 4) is 0 Å². The first-order valence-corrected chi connectivity index (χ1v) is 22.6. The van der Waals surface area contributed by atoms with Crippen LogP contribution < -0.4 is 5.32 Å². The monoisotopic (exact) mass is 710 g/mol. The molecule has 0 aromatic rings. The largest absolute Gasteiger partial charge is 0.446 e. The number of aliphatic hydroxyl groups excluding tert-OH is 1. The Morgan fingerprint density at radius 3 is 1.10 bits per heavy atom. The summed E-state index contributed by atoms with van der Waals surface area (Å²) in [6.07, 6.45) is 46.4. The topological polar surface area (TPSA) is 67.8 Å². The Hall–Kier alpha value is -0.810. The zero-order valence-corrected chi connectivity index (χ0v) is 34.6. The van der Waals surface area contributed by atoms with Crippen LogP contribution >= 0.6 is 0 Å². The number of carbonyl (C=O) groups is 1. The number of aliphatic hydroxyl groups is 1.